The summed E-state index contributed by atoms with van der Waals surface area (Å²) < 4.78 is 0. The highest BCUT2D eigenvalue weighted by Crippen LogP contribution is 2.14. The second-order valence-electron chi connectivity index (χ2n) is 3.98. The SMILES string of the molecule is CSCc1ncc(C(=O)c2ccccc2)c(C(=O)O)n1. The highest BCUT2D eigenvalue weighted by molar-refractivity contribution is 7.97. The van der Waals surface area contributed by atoms with Crippen molar-refractivity contribution in [1.82, 2.24) is 9.97 Å². The molecule has 2 aromatic rings. The predicted molar refractivity (Wildman–Crippen MR) is 76.1 cm³/mol. The van der Waals surface area contributed by atoms with E-state index in [0.29, 0.717) is 17.1 Å². The van der Waals surface area contributed by atoms with Gasteiger partial charge in [-0.25, -0.2) is 14.8 Å². The fourth-order valence-corrected chi connectivity index (χ4v) is 2.09. The third-order valence-corrected chi connectivity index (χ3v) is 3.14. The molecule has 0 aliphatic rings. The van der Waals surface area contributed by atoms with E-state index in [-0.39, 0.29) is 11.3 Å². The quantitative estimate of drug-likeness (QED) is 0.850. The third-order valence-electron chi connectivity index (χ3n) is 2.60. The van der Waals surface area contributed by atoms with Crippen LogP contribution < -0.4 is 0 Å². The van der Waals surface area contributed by atoms with Crippen molar-refractivity contribution in [2.24, 2.45) is 0 Å². The maximum atomic E-state index is 12.3. The monoisotopic (exact) mass is 288 g/mol. The highest BCUT2D eigenvalue weighted by Gasteiger charge is 2.20. The van der Waals surface area contributed by atoms with Crippen LogP contribution >= 0.6 is 11.8 Å². The van der Waals surface area contributed by atoms with Crippen LogP contribution in [0.4, 0.5) is 0 Å². The van der Waals surface area contributed by atoms with Gasteiger partial charge in [-0.1, -0.05) is 30.3 Å². The van der Waals surface area contributed by atoms with E-state index in [4.69, 9.17) is 0 Å². The van der Waals surface area contributed by atoms with Gasteiger partial charge in [0.1, 0.15) is 5.82 Å². The molecule has 0 fully saturated rings. The molecule has 0 radical (unpaired) electrons. The highest BCUT2D eigenvalue weighted by atomic mass is 32.2. The van der Waals surface area contributed by atoms with E-state index in [9.17, 15) is 14.7 Å². The molecule has 0 amide bonds. The van der Waals surface area contributed by atoms with Gasteiger partial charge in [0.05, 0.1) is 11.3 Å². The first-order valence-electron chi connectivity index (χ1n) is 5.81. The summed E-state index contributed by atoms with van der Waals surface area (Å²) >= 11 is 1.48. The summed E-state index contributed by atoms with van der Waals surface area (Å²) in [5.74, 6) is -0.715. The van der Waals surface area contributed by atoms with Gasteiger partial charge in [-0.3, -0.25) is 4.79 Å². The molecule has 1 heterocycles. The maximum absolute atomic E-state index is 12.3. The van der Waals surface area contributed by atoms with Crippen molar-refractivity contribution in [2.45, 2.75) is 5.75 Å². The number of hydrogen-bond donors (Lipinski definition) is 1. The Morgan fingerprint density at radius 2 is 1.95 bits per heavy atom. The minimum atomic E-state index is -1.23. The van der Waals surface area contributed by atoms with Crippen LogP contribution in [0.1, 0.15) is 32.2 Å². The summed E-state index contributed by atoms with van der Waals surface area (Å²) in [6, 6.07) is 8.48. The van der Waals surface area contributed by atoms with E-state index in [1.807, 2.05) is 6.26 Å². The maximum Gasteiger partial charge on any atom is 0.355 e. The van der Waals surface area contributed by atoms with Gasteiger partial charge in [0, 0.05) is 11.8 Å². The molecule has 1 aromatic carbocycles. The molecule has 1 aromatic heterocycles. The number of carbonyl (C=O) groups excluding carboxylic acids is 1. The zero-order chi connectivity index (χ0) is 14.5. The van der Waals surface area contributed by atoms with Crippen molar-refractivity contribution in [3.05, 3.63) is 59.2 Å². The van der Waals surface area contributed by atoms with Crippen molar-refractivity contribution in [3.63, 3.8) is 0 Å². The minimum Gasteiger partial charge on any atom is -0.476 e. The molecule has 0 unspecified atom stereocenters. The summed E-state index contributed by atoms with van der Waals surface area (Å²) in [4.78, 5) is 31.6. The van der Waals surface area contributed by atoms with Crippen molar-refractivity contribution < 1.29 is 14.7 Å². The van der Waals surface area contributed by atoms with Crippen molar-refractivity contribution in [2.75, 3.05) is 6.26 Å². The Bertz CT molecular complexity index is 644. The normalized spacial score (nSPS) is 10.2. The fraction of sp³-hybridized carbons (Fsp3) is 0.143. The largest absolute Gasteiger partial charge is 0.476 e. The van der Waals surface area contributed by atoms with Gasteiger partial charge in [-0.2, -0.15) is 11.8 Å². The van der Waals surface area contributed by atoms with Gasteiger partial charge in [0.25, 0.3) is 0 Å². The molecule has 6 heteroatoms. The molecule has 5 nitrogen and oxygen atoms in total. The molecular weight excluding hydrogens is 276 g/mol. The van der Waals surface area contributed by atoms with Crippen LogP contribution in [0.15, 0.2) is 36.5 Å². The summed E-state index contributed by atoms with van der Waals surface area (Å²) in [6.07, 6.45) is 3.16. The lowest BCUT2D eigenvalue weighted by atomic mass is 10.0. The van der Waals surface area contributed by atoms with Gasteiger partial charge in [-0.05, 0) is 6.26 Å². The first kappa shape index (κ1) is 14.2. The predicted octanol–water partition coefficient (Wildman–Crippen LogP) is 2.27. The van der Waals surface area contributed by atoms with Gasteiger partial charge < -0.3 is 5.11 Å². The van der Waals surface area contributed by atoms with E-state index < -0.39 is 11.8 Å². The first-order chi connectivity index (χ1) is 9.63. The van der Waals surface area contributed by atoms with E-state index in [0.717, 1.165) is 0 Å². The van der Waals surface area contributed by atoms with Crippen LogP contribution in [0.3, 0.4) is 0 Å². The number of nitrogens with zero attached hydrogens (tertiary/aromatic N) is 2. The summed E-state index contributed by atoms with van der Waals surface area (Å²) in [5.41, 5.74) is 0.169. The Labute approximate surface area is 120 Å². The van der Waals surface area contributed by atoms with Gasteiger partial charge in [0.15, 0.2) is 11.5 Å². The molecule has 20 heavy (non-hydrogen) atoms. The fourth-order valence-electron chi connectivity index (χ4n) is 1.69. The average Bonchev–Trinajstić information content (AvgIpc) is 2.47. The summed E-state index contributed by atoms with van der Waals surface area (Å²) in [5, 5.41) is 9.20. The Morgan fingerprint density at radius 1 is 1.25 bits per heavy atom. The number of carbonyl (C=O) groups is 2. The molecule has 1 N–H and O–H groups in total. The van der Waals surface area contributed by atoms with Crippen LogP contribution in [0.5, 0.6) is 0 Å². The van der Waals surface area contributed by atoms with Crippen LogP contribution in [-0.2, 0) is 5.75 Å². The number of benzene rings is 1. The van der Waals surface area contributed by atoms with Crippen LogP contribution in [0, 0.1) is 0 Å². The number of carboxylic acid groups (broad SMARTS) is 1. The van der Waals surface area contributed by atoms with Crippen LogP contribution in [-0.4, -0.2) is 33.1 Å². The Morgan fingerprint density at radius 3 is 2.55 bits per heavy atom. The summed E-state index contributed by atoms with van der Waals surface area (Å²) in [7, 11) is 0. The van der Waals surface area contributed by atoms with E-state index >= 15 is 0 Å². The molecule has 0 saturated heterocycles. The van der Waals surface area contributed by atoms with E-state index in [2.05, 4.69) is 9.97 Å². The second-order valence-corrected chi connectivity index (χ2v) is 4.85. The molecule has 0 aliphatic carbocycles. The Balaban J connectivity index is 2.46. The number of carboxylic acids is 1. The Hall–Kier alpha value is -2.21. The second kappa shape index (κ2) is 6.29. The van der Waals surface area contributed by atoms with Crippen molar-refractivity contribution in [3.8, 4) is 0 Å². The standard InChI is InChI=1S/C14H12N2O3S/c1-20-8-11-15-7-10(12(16-11)14(18)19)13(17)9-5-3-2-4-6-9/h2-7H,8H2,1H3,(H,18,19). The minimum absolute atomic E-state index is 0.00792. The van der Waals surface area contributed by atoms with E-state index in [1.54, 1.807) is 30.3 Å². The molecule has 0 aliphatic heterocycles. The molecule has 0 spiro atoms. The third kappa shape index (κ3) is 3.03. The smallest absolute Gasteiger partial charge is 0.355 e. The number of ketones is 1. The van der Waals surface area contributed by atoms with Crippen LogP contribution in [0.25, 0.3) is 0 Å². The molecule has 2 rings (SSSR count). The van der Waals surface area contributed by atoms with Gasteiger partial charge in [-0.15, -0.1) is 0 Å². The first-order valence-corrected chi connectivity index (χ1v) is 7.20. The lowest BCUT2D eigenvalue weighted by Gasteiger charge is -2.06. The van der Waals surface area contributed by atoms with Crippen molar-refractivity contribution >= 4 is 23.5 Å². The average molecular weight is 288 g/mol. The molecular formula is C14H12N2O3S. The van der Waals surface area contributed by atoms with Crippen molar-refractivity contribution in [1.29, 1.82) is 0 Å². The van der Waals surface area contributed by atoms with Crippen LogP contribution in [0.2, 0.25) is 0 Å². The molecule has 0 saturated carbocycles. The Kier molecular flexibility index (Phi) is 4.47. The number of hydrogen-bond acceptors (Lipinski definition) is 5. The molecule has 0 bridgehead atoms. The molecule has 102 valence electrons. The zero-order valence-corrected chi connectivity index (χ0v) is 11.6. The van der Waals surface area contributed by atoms with E-state index in [1.165, 1.54) is 18.0 Å². The number of aromatic carboxylic acids is 1. The summed E-state index contributed by atoms with van der Waals surface area (Å²) in [6.45, 7) is 0. The van der Waals surface area contributed by atoms with Gasteiger partial charge in [0.2, 0.25) is 0 Å². The number of aromatic nitrogens is 2. The number of rotatable bonds is 5. The molecule has 0 atom stereocenters. The topological polar surface area (TPSA) is 80.2 Å². The lowest BCUT2D eigenvalue weighted by Crippen LogP contribution is -2.14. The zero-order valence-electron chi connectivity index (χ0n) is 10.7. The van der Waals surface area contributed by atoms with Gasteiger partial charge >= 0.3 is 5.97 Å². The number of thioether (sulfide) groups is 1. The lowest BCUT2D eigenvalue weighted by molar-refractivity contribution is 0.0685.